The standard InChI is InChI=1S/C21H26N4O2/c1-17(18-7-3-2-4-8-18)23-20(26)10-11-21(27)25-15-13-24(14-16-25)19-9-5-6-12-22-19/h2-9,12,17H,10-11,13-16H2,1H3,(H,23,26)/t17-/m1/s1. The lowest BCUT2D eigenvalue weighted by Gasteiger charge is -2.35. The Kier molecular flexibility index (Phi) is 6.41. The average Bonchev–Trinajstić information content (AvgIpc) is 2.73. The van der Waals surface area contributed by atoms with Crippen LogP contribution < -0.4 is 10.2 Å². The lowest BCUT2D eigenvalue weighted by molar-refractivity contribution is -0.134. The van der Waals surface area contributed by atoms with E-state index in [-0.39, 0.29) is 30.7 Å². The van der Waals surface area contributed by atoms with Gasteiger partial charge in [0.15, 0.2) is 0 Å². The van der Waals surface area contributed by atoms with Gasteiger partial charge in [0.1, 0.15) is 5.82 Å². The number of hydrogen-bond acceptors (Lipinski definition) is 4. The molecule has 6 nitrogen and oxygen atoms in total. The van der Waals surface area contributed by atoms with Crippen LogP contribution in [0, 0.1) is 0 Å². The molecule has 1 aromatic heterocycles. The minimum atomic E-state index is -0.0909. The molecule has 0 spiro atoms. The van der Waals surface area contributed by atoms with Gasteiger partial charge in [-0.3, -0.25) is 9.59 Å². The molecule has 1 atom stereocenters. The van der Waals surface area contributed by atoms with Gasteiger partial charge in [-0.15, -0.1) is 0 Å². The number of amides is 2. The molecule has 0 aliphatic carbocycles. The van der Waals surface area contributed by atoms with E-state index in [9.17, 15) is 9.59 Å². The van der Waals surface area contributed by atoms with Crippen molar-refractivity contribution < 1.29 is 9.59 Å². The number of anilines is 1. The Morgan fingerprint density at radius 2 is 1.70 bits per heavy atom. The van der Waals surface area contributed by atoms with Crippen LogP contribution in [0.25, 0.3) is 0 Å². The summed E-state index contributed by atoms with van der Waals surface area (Å²) >= 11 is 0. The minimum absolute atomic E-state index is 0.0400. The van der Waals surface area contributed by atoms with Crippen LogP contribution in [0.5, 0.6) is 0 Å². The predicted molar refractivity (Wildman–Crippen MR) is 105 cm³/mol. The first kappa shape index (κ1) is 18.9. The molecule has 27 heavy (non-hydrogen) atoms. The van der Waals surface area contributed by atoms with Gasteiger partial charge in [0.2, 0.25) is 11.8 Å². The molecule has 6 heteroatoms. The van der Waals surface area contributed by atoms with E-state index in [0.717, 1.165) is 24.5 Å². The van der Waals surface area contributed by atoms with Gasteiger partial charge in [-0.1, -0.05) is 36.4 Å². The number of nitrogens with zero attached hydrogens (tertiary/aromatic N) is 3. The van der Waals surface area contributed by atoms with Crippen molar-refractivity contribution >= 4 is 17.6 Å². The zero-order valence-corrected chi connectivity index (χ0v) is 15.7. The lowest BCUT2D eigenvalue weighted by Crippen LogP contribution is -2.49. The second-order valence-electron chi connectivity index (χ2n) is 6.76. The summed E-state index contributed by atoms with van der Waals surface area (Å²) in [4.78, 5) is 32.9. The number of aromatic nitrogens is 1. The molecular formula is C21H26N4O2. The van der Waals surface area contributed by atoms with Crippen molar-refractivity contribution in [3.05, 3.63) is 60.3 Å². The molecule has 0 bridgehead atoms. The van der Waals surface area contributed by atoms with E-state index in [0.29, 0.717) is 13.1 Å². The quantitative estimate of drug-likeness (QED) is 0.853. The fraction of sp³-hybridized carbons (Fsp3) is 0.381. The van der Waals surface area contributed by atoms with E-state index in [1.54, 1.807) is 6.20 Å². The van der Waals surface area contributed by atoms with Crippen molar-refractivity contribution in [2.45, 2.75) is 25.8 Å². The van der Waals surface area contributed by atoms with Gasteiger partial charge in [-0.2, -0.15) is 0 Å². The third kappa shape index (κ3) is 5.29. The molecule has 1 aromatic carbocycles. The first-order valence-electron chi connectivity index (χ1n) is 9.41. The maximum Gasteiger partial charge on any atom is 0.223 e. The number of nitrogens with one attached hydrogen (secondary N) is 1. The van der Waals surface area contributed by atoms with Crippen molar-refractivity contribution in [2.75, 3.05) is 31.1 Å². The number of carbonyl (C=O) groups excluding carboxylic acids is 2. The minimum Gasteiger partial charge on any atom is -0.353 e. The van der Waals surface area contributed by atoms with Crippen molar-refractivity contribution in [3.63, 3.8) is 0 Å². The van der Waals surface area contributed by atoms with E-state index in [1.807, 2.05) is 60.4 Å². The average molecular weight is 366 g/mol. The maximum atomic E-state index is 12.4. The Bertz CT molecular complexity index is 743. The number of piperazine rings is 1. The van der Waals surface area contributed by atoms with Crippen LogP contribution in [-0.2, 0) is 9.59 Å². The first-order chi connectivity index (χ1) is 13.1. The normalized spacial score (nSPS) is 15.3. The van der Waals surface area contributed by atoms with Crippen LogP contribution in [0.1, 0.15) is 31.4 Å². The van der Waals surface area contributed by atoms with E-state index in [1.165, 1.54) is 0 Å². The lowest BCUT2D eigenvalue weighted by atomic mass is 10.1. The van der Waals surface area contributed by atoms with Gasteiger partial charge >= 0.3 is 0 Å². The molecule has 1 aliphatic rings. The molecule has 142 valence electrons. The Labute approximate surface area is 160 Å². The summed E-state index contributed by atoms with van der Waals surface area (Å²) in [7, 11) is 0. The smallest absolute Gasteiger partial charge is 0.223 e. The highest BCUT2D eigenvalue weighted by Gasteiger charge is 2.22. The Balaban J connectivity index is 1.40. The van der Waals surface area contributed by atoms with E-state index in [2.05, 4.69) is 15.2 Å². The summed E-state index contributed by atoms with van der Waals surface area (Å²) in [6, 6.07) is 15.6. The summed E-state index contributed by atoms with van der Waals surface area (Å²) in [6.45, 7) is 4.81. The highest BCUT2D eigenvalue weighted by Crippen LogP contribution is 2.14. The van der Waals surface area contributed by atoms with Crippen molar-refractivity contribution in [3.8, 4) is 0 Å². The molecule has 0 radical (unpaired) electrons. The molecule has 3 rings (SSSR count). The van der Waals surface area contributed by atoms with Gasteiger partial charge in [-0.05, 0) is 24.6 Å². The highest BCUT2D eigenvalue weighted by molar-refractivity contribution is 5.84. The zero-order valence-electron chi connectivity index (χ0n) is 15.7. The third-order valence-electron chi connectivity index (χ3n) is 4.85. The molecular weight excluding hydrogens is 340 g/mol. The summed E-state index contributed by atoms with van der Waals surface area (Å²) in [5.74, 6) is 0.892. The van der Waals surface area contributed by atoms with Crippen LogP contribution in [-0.4, -0.2) is 47.9 Å². The van der Waals surface area contributed by atoms with Crippen LogP contribution in [0.3, 0.4) is 0 Å². The van der Waals surface area contributed by atoms with Crippen molar-refractivity contribution in [1.82, 2.24) is 15.2 Å². The Hall–Kier alpha value is -2.89. The fourth-order valence-corrected chi connectivity index (χ4v) is 3.24. The SMILES string of the molecule is C[C@@H](NC(=O)CCC(=O)N1CCN(c2ccccn2)CC1)c1ccccc1. The highest BCUT2D eigenvalue weighted by atomic mass is 16.2. The maximum absolute atomic E-state index is 12.4. The monoisotopic (exact) mass is 366 g/mol. The second-order valence-corrected chi connectivity index (χ2v) is 6.76. The van der Waals surface area contributed by atoms with Gasteiger partial charge in [0, 0.05) is 45.2 Å². The van der Waals surface area contributed by atoms with Crippen molar-refractivity contribution in [1.29, 1.82) is 0 Å². The molecule has 0 saturated carbocycles. The van der Waals surface area contributed by atoms with Crippen molar-refractivity contribution in [2.24, 2.45) is 0 Å². The molecule has 2 amide bonds. The van der Waals surface area contributed by atoms with E-state index in [4.69, 9.17) is 0 Å². The topological polar surface area (TPSA) is 65.5 Å². The van der Waals surface area contributed by atoms with Crippen LogP contribution in [0.15, 0.2) is 54.7 Å². The zero-order chi connectivity index (χ0) is 19.1. The van der Waals surface area contributed by atoms with Gasteiger partial charge < -0.3 is 15.1 Å². The van der Waals surface area contributed by atoms with Gasteiger partial charge in [0.25, 0.3) is 0 Å². The predicted octanol–water partition coefficient (Wildman–Crippen LogP) is 2.39. The summed E-state index contributed by atoms with van der Waals surface area (Å²) < 4.78 is 0. The summed E-state index contributed by atoms with van der Waals surface area (Å²) in [6.07, 6.45) is 2.25. The second kappa shape index (κ2) is 9.16. The Morgan fingerprint density at radius 1 is 1.00 bits per heavy atom. The number of carbonyl (C=O) groups is 2. The summed E-state index contributed by atoms with van der Waals surface area (Å²) in [5, 5.41) is 2.96. The van der Waals surface area contributed by atoms with Crippen LogP contribution >= 0.6 is 0 Å². The molecule has 1 fully saturated rings. The number of rotatable bonds is 6. The number of benzene rings is 1. The Morgan fingerprint density at radius 3 is 2.37 bits per heavy atom. The van der Waals surface area contributed by atoms with E-state index >= 15 is 0 Å². The molecule has 0 unspecified atom stereocenters. The first-order valence-corrected chi connectivity index (χ1v) is 9.41. The molecule has 2 heterocycles. The molecule has 2 aromatic rings. The van der Waals surface area contributed by atoms with Crippen LogP contribution in [0.2, 0.25) is 0 Å². The van der Waals surface area contributed by atoms with E-state index < -0.39 is 0 Å². The van der Waals surface area contributed by atoms with Crippen LogP contribution in [0.4, 0.5) is 5.82 Å². The summed E-state index contributed by atoms with van der Waals surface area (Å²) in [5.41, 5.74) is 1.06. The number of hydrogen-bond donors (Lipinski definition) is 1. The largest absolute Gasteiger partial charge is 0.353 e. The molecule has 1 N–H and O–H groups in total. The molecule has 1 aliphatic heterocycles. The number of pyridine rings is 1. The third-order valence-corrected chi connectivity index (χ3v) is 4.85. The van der Waals surface area contributed by atoms with Gasteiger partial charge in [-0.25, -0.2) is 4.98 Å². The fourth-order valence-electron chi connectivity index (χ4n) is 3.24. The molecule has 1 saturated heterocycles. The van der Waals surface area contributed by atoms with Gasteiger partial charge in [0.05, 0.1) is 6.04 Å².